The fourth-order valence-corrected chi connectivity index (χ4v) is 1.85. The number of allylic oxidation sites excluding steroid dienone is 3. The lowest BCUT2D eigenvalue weighted by Crippen LogP contribution is -2.34. The first-order chi connectivity index (χ1) is 8.34. The van der Waals surface area contributed by atoms with E-state index in [4.69, 9.17) is 12.2 Å². The Bertz CT molecular complexity index is 435. The normalized spacial score (nSPS) is 14.0. The van der Waals surface area contributed by atoms with Gasteiger partial charge in [-0.1, -0.05) is 42.5 Å². The number of benzene rings is 1. The number of nitrogens with one attached hydrogen (secondary N) is 2. The fourth-order valence-electron chi connectivity index (χ4n) is 1.66. The Morgan fingerprint density at radius 1 is 1.18 bits per heavy atom. The fraction of sp³-hybridized carbons (Fsp3) is 0.214. The Morgan fingerprint density at radius 3 is 2.71 bits per heavy atom. The van der Waals surface area contributed by atoms with Gasteiger partial charge in [-0.15, -0.1) is 0 Å². The second kappa shape index (κ2) is 6.21. The van der Waals surface area contributed by atoms with Crippen LogP contribution in [0.1, 0.15) is 18.4 Å². The first-order valence-electron chi connectivity index (χ1n) is 5.80. The molecule has 1 aromatic carbocycles. The van der Waals surface area contributed by atoms with Crippen LogP contribution in [0.5, 0.6) is 0 Å². The molecule has 0 bridgehead atoms. The molecule has 0 spiro atoms. The van der Waals surface area contributed by atoms with Gasteiger partial charge >= 0.3 is 0 Å². The maximum atomic E-state index is 5.24. The largest absolute Gasteiger partial charge is 0.358 e. The highest BCUT2D eigenvalue weighted by molar-refractivity contribution is 7.80. The topological polar surface area (TPSA) is 24.1 Å². The van der Waals surface area contributed by atoms with E-state index >= 15 is 0 Å². The van der Waals surface area contributed by atoms with Crippen molar-refractivity contribution in [2.24, 2.45) is 0 Å². The molecule has 1 aromatic rings. The molecule has 0 saturated carbocycles. The molecule has 0 fully saturated rings. The summed E-state index contributed by atoms with van der Waals surface area (Å²) < 4.78 is 0. The third kappa shape index (κ3) is 4.04. The maximum Gasteiger partial charge on any atom is 0.171 e. The van der Waals surface area contributed by atoms with Crippen molar-refractivity contribution in [3.63, 3.8) is 0 Å². The average molecular weight is 244 g/mol. The van der Waals surface area contributed by atoms with E-state index in [1.54, 1.807) is 0 Å². The van der Waals surface area contributed by atoms with Crippen LogP contribution in [0.4, 0.5) is 0 Å². The van der Waals surface area contributed by atoms with Crippen molar-refractivity contribution in [3.8, 4) is 0 Å². The zero-order chi connectivity index (χ0) is 11.9. The molecule has 0 heterocycles. The third-order valence-corrected chi connectivity index (χ3v) is 2.80. The minimum atomic E-state index is 0.673. The highest BCUT2D eigenvalue weighted by Crippen LogP contribution is 2.06. The van der Waals surface area contributed by atoms with E-state index in [2.05, 4.69) is 41.0 Å². The molecule has 0 saturated heterocycles. The zero-order valence-corrected chi connectivity index (χ0v) is 10.5. The Hall–Kier alpha value is -1.61. The molecular weight excluding hydrogens is 228 g/mol. The first kappa shape index (κ1) is 11.9. The van der Waals surface area contributed by atoms with E-state index in [0.29, 0.717) is 5.11 Å². The lowest BCUT2D eigenvalue weighted by atomic mass is 10.1. The second-order valence-corrected chi connectivity index (χ2v) is 4.34. The van der Waals surface area contributed by atoms with Crippen molar-refractivity contribution in [1.82, 2.24) is 10.6 Å². The van der Waals surface area contributed by atoms with Gasteiger partial charge in [-0.05, 0) is 36.7 Å². The van der Waals surface area contributed by atoms with Crippen LogP contribution in [0.3, 0.4) is 0 Å². The van der Waals surface area contributed by atoms with Gasteiger partial charge in [-0.2, -0.15) is 0 Å². The van der Waals surface area contributed by atoms with Crippen molar-refractivity contribution in [1.29, 1.82) is 0 Å². The Morgan fingerprint density at radius 2 is 2.00 bits per heavy atom. The summed E-state index contributed by atoms with van der Waals surface area (Å²) in [6.45, 7) is 0.754. The number of hydrogen-bond donors (Lipinski definition) is 2. The molecule has 3 heteroatoms. The minimum Gasteiger partial charge on any atom is -0.358 e. The Labute approximate surface area is 107 Å². The van der Waals surface area contributed by atoms with E-state index in [-0.39, 0.29) is 0 Å². The predicted molar refractivity (Wildman–Crippen MR) is 75.5 cm³/mol. The van der Waals surface area contributed by atoms with Crippen LogP contribution in [0.2, 0.25) is 0 Å². The molecule has 0 amide bonds. The first-order valence-corrected chi connectivity index (χ1v) is 6.21. The molecule has 88 valence electrons. The molecule has 0 unspecified atom stereocenters. The Balaban J connectivity index is 1.78. The molecular formula is C14H16N2S. The second-order valence-electron chi connectivity index (χ2n) is 3.93. The van der Waals surface area contributed by atoms with Gasteiger partial charge in [0.05, 0.1) is 0 Å². The summed E-state index contributed by atoms with van der Waals surface area (Å²) in [7, 11) is 0. The summed E-state index contributed by atoms with van der Waals surface area (Å²) in [6.07, 6.45) is 8.59. The molecule has 2 nitrogen and oxygen atoms in total. The van der Waals surface area contributed by atoms with Crippen LogP contribution < -0.4 is 10.6 Å². The molecule has 0 aromatic heterocycles. The lowest BCUT2D eigenvalue weighted by Gasteiger charge is -2.13. The third-order valence-electron chi connectivity index (χ3n) is 2.55. The SMILES string of the molecule is S=C(NCc1ccccc1)NC1=CCCC=C1. The molecule has 1 aliphatic rings. The van der Waals surface area contributed by atoms with Crippen molar-refractivity contribution < 1.29 is 0 Å². The summed E-state index contributed by atoms with van der Waals surface area (Å²) >= 11 is 5.24. The molecule has 0 aliphatic heterocycles. The smallest absolute Gasteiger partial charge is 0.171 e. The maximum absolute atomic E-state index is 5.24. The van der Waals surface area contributed by atoms with Gasteiger partial charge in [-0.3, -0.25) is 0 Å². The van der Waals surface area contributed by atoms with Crippen LogP contribution in [0.25, 0.3) is 0 Å². The molecule has 0 radical (unpaired) electrons. The standard InChI is InChI=1S/C14H16N2S/c17-14(16-13-9-5-2-6-10-13)15-11-12-7-3-1-4-8-12/h1,3-5,7-10H,2,6,11H2,(H2,15,16,17). The molecule has 17 heavy (non-hydrogen) atoms. The Kier molecular flexibility index (Phi) is 4.33. The molecule has 2 N–H and O–H groups in total. The van der Waals surface area contributed by atoms with Crippen LogP contribution >= 0.6 is 12.2 Å². The van der Waals surface area contributed by atoms with Crippen molar-refractivity contribution in [3.05, 3.63) is 59.8 Å². The van der Waals surface area contributed by atoms with Gasteiger partial charge in [0.25, 0.3) is 0 Å². The van der Waals surface area contributed by atoms with Gasteiger partial charge in [0.1, 0.15) is 0 Å². The highest BCUT2D eigenvalue weighted by atomic mass is 32.1. The van der Waals surface area contributed by atoms with Crippen molar-refractivity contribution in [2.45, 2.75) is 19.4 Å². The van der Waals surface area contributed by atoms with Gasteiger partial charge in [0.15, 0.2) is 5.11 Å². The minimum absolute atomic E-state index is 0.673. The monoisotopic (exact) mass is 244 g/mol. The molecule has 2 rings (SSSR count). The van der Waals surface area contributed by atoms with Crippen LogP contribution in [0, 0.1) is 0 Å². The van der Waals surface area contributed by atoms with Crippen molar-refractivity contribution >= 4 is 17.3 Å². The summed E-state index contributed by atoms with van der Waals surface area (Å²) in [5.74, 6) is 0. The van der Waals surface area contributed by atoms with Gasteiger partial charge in [0.2, 0.25) is 0 Å². The summed E-state index contributed by atoms with van der Waals surface area (Å²) in [5.41, 5.74) is 2.31. The van der Waals surface area contributed by atoms with E-state index in [1.807, 2.05) is 18.2 Å². The number of rotatable bonds is 3. The van der Waals surface area contributed by atoms with Gasteiger partial charge in [-0.25, -0.2) is 0 Å². The highest BCUT2D eigenvalue weighted by Gasteiger charge is 2.00. The van der Waals surface area contributed by atoms with E-state index in [1.165, 1.54) is 5.56 Å². The average Bonchev–Trinajstić information content (AvgIpc) is 2.39. The van der Waals surface area contributed by atoms with Crippen molar-refractivity contribution in [2.75, 3.05) is 0 Å². The number of hydrogen-bond acceptors (Lipinski definition) is 1. The lowest BCUT2D eigenvalue weighted by molar-refractivity contribution is 0.885. The summed E-state index contributed by atoms with van der Waals surface area (Å²) in [6, 6.07) is 10.2. The summed E-state index contributed by atoms with van der Waals surface area (Å²) in [4.78, 5) is 0. The van der Waals surface area contributed by atoms with E-state index in [9.17, 15) is 0 Å². The van der Waals surface area contributed by atoms with Crippen LogP contribution in [0.15, 0.2) is 54.3 Å². The predicted octanol–water partition coefficient (Wildman–Crippen LogP) is 2.88. The summed E-state index contributed by atoms with van der Waals surface area (Å²) in [5, 5.41) is 7.05. The molecule has 0 atom stereocenters. The van der Waals surface area contributed by atoms with Crippen LogP contribution in [-0.4, -0.2) is 5.11 Å². The van der Waals surface area contributed by atoms with Gasteiger partial charge < -0.3 is 10.6 Å². The zero-order valence-electron chi connectivity index (χ0n) is 9.65. The quantitative estimate of drug-likeness (QED) is 0.800. The van der Waals surface area contributed by atoms with Gasteiger partial charge in [0, 0.05) is 12.2 Å². The molecule has 1 aliphatic carbocycles. The van der Waals surface area contributed by atoms with E-state index in [0.717, 1.165) is 25.1 Å². The number of thiocarbonyl (C=S) groups is 1. The van der Waals surface area contributed by atoms with E-state index < -0.39 is 0 Å². The van der Waals surface area contributed by atoms with Crippen LogP contribution in [-0.2, 0) is 6.54 Å².